The number of hydrogen-bond acceptors (Lipinski definition) is 5. The van der Waals surface area contributed by atoms with E-state index in [9.17, 15) is 9.59 Å². The molecule has 1 aromatic heterocycles. The van der Waals surface area contributed by atoms with Crippen LogP contribution in [0.2, 0.25) is 0 Å². The molecule has 0 aliphatic carbocycles. The van der Waals surface area contributed by atoms with Gasteiger partial charge < -0.3 is 0 Å². The maximum absolute atomic E-state index is 11.9. The van der Waals surface area contributed by atoms with Gasteiger partial charge in [0.2, 0.25) is 5.13 Å². The number of nitrogens with one attached hydrogen (secondary N) is 2. The van der Waals surface area contributed by atoms with Gasteiger partial charge in [-0.25, -0.2) is 4.79 Å². The highest BCUT2D eigenvalue weighted by Crippen LogP contribution is 2.18. The van der Waals surface area contributed by atoms with Crippen molar-refractivity contribution in [2.45, 2.75) is 6.42 Å². The van der Waals surface area contributed by atoms with Crippen molar-refractivity contribution in [2.75, 3.05) is 5.32 Å². The molecule has 0 unspecified atom stereocenters. The van der Waals surface area contributed by atoms with Crippen molar-refractivity contribution in [1.29, 1.82) is 0 Å². The molecule has 1 heterocycles. The second kappa shape index (κ2) is 7.47. The number of amides is 3. The third-order valence-electron chi connectivity index (χ3n) is 3.15. The zero-order valence-corrected chi connectivity index (χ0v) is 13.4. The number of benzene rings is 2. The van der Waals surface area contributed by atoms with E-state index in [0.29, 0.717) is 17.1 Å². The van der Waals surface area contributed by atoms with E-state index in [1.165, 1.54) is 11.3 Å². The smallest absolute Gasteiger partial charge is 0.282 e. The third-order valence-corrected chi connectivity index (χ3v) is 3.99. The highest BCUT2D eigenvalue weighted by Gasteiger charge is 2.12. The fraction of sp³-hybridized carbons (Fsp3) is 0.0588. The zero-order chi connectivity index (χ0) is 16.8. The molecule has 0 fully saturated rings. The van der Waals surface area contributed by atoms with Crippen LogP contribution in [-0.4, -0.2) is 22.1 Å². The van der Waals surface area contributed by atoms with Crippen LogP contribution in [-0.2, 0) is 6.42 Å². The Balaban J connectivity index is 1.56. The fourth-order valence-corrected chi connectivity index (χ4v) is 2.81. The molecule has 3 rings (SSSR count). The lowest BCUT2D eigenvalue weighted by atomic mass is 10.2. The largest absolute Gasteiger partial charge is 0.328 e. The molecule has 3 amide bonds. The van der Waals surface area contributed by atoms with E-state index in [1.54, 1.807) is 30.3 Å². The van der Waals surface area contributed by atoms with E-state index in [1.807, 2.05) is 30.3 Å². The Morgan fingerprint density at radius 2 is 1.58 bits per heavy atom. The standard InChI is InChI=1S/C17H14N4O2S/c22-15(13-9-5-2-6-10-13)18-16(23)19-17-21-20-14(24-17)11-12-7-3-1-4-8-12/h1-10H,11H2,(H2,18,19,21,22,23). The lowest BCUT2D eigenvalue weighted by Gasteiger charge is -2.03. The topological polar surface area (TPSA) is 84.0 Å². The normalized spacial score (nSPS) is 10.2. The molecule has 0 aliphatic heterocycles. The molecular weight excluding hydrogens is 324 g/mol. The van der Waals surface area contributed by atoms with Gasteiger partial charge in [0.15, 0.2) is 0 Å². The summed E-state index contributed by atoms with van der Waals surface area (Å²) in [5.41, 5.74) is 1.53. The summed E-state index contributed by atoms with van der Waals surface area (Å²) in [5, 5.41) is 13.9. The number of urea groups is 1. The van der Waals surface area contributed by atoms with Crippen molar-refractivity contribution in [3.8, 4) is 0 Å². The van der Waals surface area contributed by atoms with Crippen molar-refractivity contribution in [1.82, 2.24) is 15.5 Å². The molecule has 24 heavy (non-hydrogen) atoms. The first-order valence-corrected chi connectivity index (χ1v) is 8.06. The lowest BCUT2D eigenvalue weighted by Crippen LogP contribution is -2.34. The predicted octanol–water partition coefficient (Wildman–Crippen LogP) is 3.09. The third kappa shape index (κ3) is 4.23. The molecular formula is C17H14N4O2S. The molecule has 0 atom stereocenters. The van der Waals surface area contributed by atoms with Gasteiger partial charge in [-0.15, -0.1) is 10.2 Å². The molecule has 0 spiro atoms. The van der Waals surface area contributed by atoms with Crippen LogP contribution in [0.3, 0.4) is 0 Å². The molecule has 2 N–H and O–H groups in total. The first-order valence-electron chi connectivity index (χ1n) is 7.24. The van der Waals surface area contributed by atoms with Gasteiger partial charge in [-0.2, -0.15) is 0 Å². The van der Waals surface area contributed by atoms with Crippen LogP contribution < -0.4 is 10.6 Å². The zero-order valence-electron chi connectivity index (χ0n) is 12.6. The van der Waals surface area contributed by atoms with E-state index >= 15 is 0 Å². The van der Waals surface area contributed by atoms with Gasteiger partial charge in [0.05, 0.1) is 0 Å². The number of imide groups is 1. The maximum atomic E-state index is 11.9. The Labute approximate surface area is 142 Å². The Kier molecular flexibility index (Phi) is 4.93. The summed E-state index contributed by atoms with van der Waals surface area (Å²) in [6.07, 6.45) is 0.644. The molecule has 120 valence electrons. The van der Waals surface area contributed by atoms with Crippen molar-refractivity contribution >= 4 is 28.4 Å². The minimum Gasteiger partial charge on any atom is -0.282 e. The molecule has 0 saturated heterocycles. The van der Waals surface area contributed by atoms with E-state index < -0.39 is 11.9 Å². The molecule has 0 bridgehead atoms. The first-order chi connectivity index (χ1) is 11.7. The molecule has 7 heteroatoms. The number of carbonyl (C=O) groups excluding carboxylic acids is 2. The first kappa shape index (κ1) is 15.8. The fourth-order valence-electron chi connectivity index (χ4n) is 2.04. The molecule has 0 saturated carbocycles. The summed E-state index contributed by atoms with van der Waals surface area (Å²) >= 11 is 1.27. The van der Waals surface area contributed by atoms with Gasteiger partial charge in [-0.05, 0) is 17.7 Å². The molecule has 0 aliphatic rings. The van der Waals surface area contributed by atoms with Crippen molar-refractivity contribution in [2.24, 2.45) is 0 Å². The molecule has 2 aromatic carbocycles. The van der Waals surface area contributed by atoms with E-state index in [4.69, 9.17) is 0 Å². The van der Waals surface area contributed by atoms with Crippen LogP contribution >= 0.6 is 11.3 Å². The highest BCUT2D eigenvalue weighted by molar-refractivity contribution is 7.15. The number of nitrogens with zero attached hydrogens (tertiary/aromatic N) is 2. The van der Waals surface area contributed by atoms with Crippen LogP contribution in [0, 0.1) is 0 Å². The average Bonchev–Trinajstić information content (AvgIpc) is 3.03. The van der Waals surface area contributed by atoms with Crippen molar-refractivity contribution in [3.63, 3.8) is 0 Å². The van der Waals surface area contributed by atoms with E-state index in [0.717, 1.165) is 10.6 Å². The van der Waals surface area contributed by atoms with E-state index in [-0.39, 0.29) is 0 Å². The summed E-state index contributed by atoms with van der Waals surface area (Å²) in [7, 11) is 0. The molecule has 0 radical (unpaired) electrons. The van der Waals surface area contributed by atoms with Gasteiger partial charge >= 0.3 is 6.03 Å². The SMILES string of the molecule is O=C(NC(=O)c1ccccc1)Nc1nnc(Cc2ccccc2)s1. The second-order valence-corrected chi connectivity index (χ2v) is 6.00. The van der Waals surface area contributed by atoms with Gasteiger partial charge in [0.1, 0.15) is 5.01 Å². The molecule has 3 aromatic rings. The van der Waals surface area contributed by atoms with Gasteiger partial charge in [-0.1, -0.05) is 59.9 Å². The minimum absolute atomic E-state index is 0.347. The summed E-state index contributed by atoms with van der Waals surface area (Å²) in [6.45, 7) is 0. The van der Waals surface area contributed by atoms with Crippen LogP contribution in [0.1, 0.15) is 20.9 Å². The minimum atomic E-state index is -0.633. The number of rotatable bonds is 4. The Morgan fingerprint density at radius 1 is 0.917 bits per heavy atom. The van der Waals surface area contributed by atoms with Gasteiger partial charge in [0.25, 0.3) is 5.91 Å². The lowest BCUT2D eigenvalue weighted by molar-refractivity contribution is 0.0967. The number of anilines is 1. The van der Waals surface area contributed by atoms with Crippen LogP contribution in [0.4, 0.5) is 9.93 Å². The average molecular weight is 338 g/mol. The van der Waals surface area contributed by atoms with Gasteiger partial charge in [0, 0.05) is 12.0 Å². The van der Waals surface area contributed by atoms with Gasteiger partial charge in [-0.3, -0.25) is 15.4 Å². The number of hydrogen-bond donors (Lipinski definition) is 2. The Morgan fingerprint density at radius 3 is 2.29 bits per heavy atom. The summed E-state index contributed by atoms with van der Waals surface area (Å²) in [6, 6.07) is 17.7. The van der Waals surface area contributed by atoms with Crippen molar-refractivity contribution < 1.29 is 9.59 Å². The summed E-state index contributed by atoms with van der Waals surface area (Å²) in [4.78, 5) is 23.7. The quantitative estimate of drug-likeness (QED) is 0.765. The maximum Gasteiger partial charge on any atom is 0.328 e. The second-order valence-electron chi connectivity index (χ2n) is 4.94. The number of carbonyl (C=O) groups is 2. The monoisotopic (exact) mass is 338 g/mol. The number of aromatic nitrogens is 2. The van der Waals surface area contributed by atoms with Crippen LogP contribution in [0.25, 0.3) is 0 Å². The summed E-state index contributed by atoms with van der Waals surface area (Å²) in [5.74, 6) is -0.470. The Hall–Kier alpha value is -3.06. The predicted molar refractivity (Wildman–Crippen MR) is 92.1 cm³/mol. The Bertz CT molecular complexity index is 834. The van der Waals surface area contributed by atoms with E-state index in [2.05, 4.69) is 20.8 Å². The highest BCUT2D eigenvalue weighted by atomic mass is 32.1. The van der Waals surface area contributed by atoms with Crippen LogP contribution in [0.5, 0.6) is 0 Å². The van der Waals surface area contributed by atoms with Crippen molar-refractivity contribution in [3.05, 3.63) is 76.8 Å². The van der Waals surface area contributed by atoms with Crippen LogP contribution in [0.15, 0.2) is 60.7 Å². The molecule has 6 nitrogen and oxygen atoms in total. The summed E-state index contributed by atoms with van der Waals surface area (Å²) < 4.78 is 0.